The maximum absolute atomic E-state index is 2.52. The second kappa shape index (κ2) is 12.1. The molecule has 0 fully saturated rings. The molecule has 1 nitrogen and oxygen atoms in total. The van der Waals surface area contributed by atoms with Gasteiger partial charge in [0.25, 0.3) is 0 Å². The van der Waals surface area contributed by atoms with Crippen LogP contribution in [0.5, 0.6) is 0 Å². The van der Waals surface area contributed by atoms with E-state index in [1.54, 1.807) is 0 Å². The van der Waals surface area contributed by atoms with Crippen LogP contribution in [0.4, 0.5) is 17.1 Å². The molecule has 2 aliphatic carbocycles. The molecule has 1 heteroatoms. The Hall–Kier alpha value is -6.44. The zero-order chi connectivity index (χ0) is 35.6. The average molecular weight is 678 g/mol. The third-order valence-corrected chi connectivity index (χ3v) is 11.8. The fraction of sp³-hybridized carbons (Fsp3) is 0.0769. The molecule has 0 N–H and O–H groups in total. The van der Waals surface area contributed by atoms with Crippen LogP contribution in [0.25, 0.3) is 33.4 Å². The first kappa shape index (κ1) is 31.3. The van der Waals surface area contributed by atoms with Gasteiger partial charge >= 0.3 is 0 Å². The van der Waals surface area contributed by atoms with E-state index < -0.39 is 5.41 Å². The van der Waals surface area contributed by atoms with E-state index in [9.17, 15) is 0 Å². The lowest BCUT2D eigenvalue weighted by molar-refractivity contribution is 0.655. The van der Waals surface area contributed by atoms with Gasteiger partial charge in [0.2, 0.25) is 0 Å². The molecule has 0 atom stereocenters. The number of rotatable bonds is 6. The summed E-state index contributed by atoms with van der Waals surface area (Å²) in [7, 11) is 0. The molecular formula is C52H39N. The van der Waals surface area contributed by atoms with Crippen molar-refractivity contribution in [2.75, 3.05) is 4.90 Å². The smallest absolute Gasteiger partial charge is 0.0713 e. The van der Waals surface area contributed by atoms with E-state index in [1.165, 1.54) is 66.8 Å². The lowest BCUT2D eigenvalue weighted by Gasteiger charge is -2.35. The van der Waals surface area contributed by atoms with Crippen molar-refractivity contribution >= 4 is 17.1 Å². The maximum Gasteiger partial charge on any atom is 0.0713 e. The number of hydrogen-bond acceptors (Lipinski definition) is 1. The van der Waals surface area contributed by atoms with E-state index >= 15 is 0 Å². The van der Waals surface area contributed by atoms with Gasteiger partial charge in [-0.15, -0.1) is 0 Å². The fourth-order valence-electron chi connectivity index (χ4n) is 9.28. The second-order valence-corrected chi connectivity index (χ2v) is 14.9. The van der Waals surface area contributed by atoms with E-state index in [0.29, 0.717) is 0 Å². The first-order valence-corrected chi connectivity index (χ1v) is 18.6. The highest BCUT2D eigenvalue weighted by Crippen LogP contribution is 2.58. The van der Waals surface area contributed by atoms with Gasteiger partial charge in [0.1, 0.15) is 0 Å². The Balaban J connectivity index is 1.15. The molecule has 8 aromatic carbocycles. The van der Waals surface area contributed by atoms with Crippen LogP contribution in [0.3, 0.4) is 0 Å². The van der Waals surface area contributed by atoms with Crippen LogP contribution in [-0.4, -0.2) is 0 Å². The van der Waals surface area contributed by atoms with Crippen LogP contribution in [0.1, 0.15) is 47.2 Å². The molecule has 53 heavy (non-hydrogen) atoms. The standard InChI is InChI=1S/C52H39N/c1-51(2)47-22-12-9-19-43(47)46-34-29-39(35-50(46)51)52(48-23-13-10-20-44(48)45-21-11-14-24-49(45)52)38-27-32-42(33-28-38)53(40-17-7-4-8-18-40)41-30-25-37(26-31-41)36-15-5-3-6-16-36/h3-35H,1-2H3. The number of anilines is 3. The molecule has 0 unspecified atom stereocenters. The van der Waals surface area contributed by atoms with Crippen molar-refractivity contribution in [2.45, 2.75) is 24.7 Å². The normalized spacial score (nSPS) is 14.2. The minimum Gasteiger partial charge on any atom is -0.311 e. The van der Waals surface area contributed by atoms with Gasteiger partial charge in [-0.05, 0) is 103 Å². The summed E-state index contributed by atoms with van der Waals surface area (Å²) in [5.41, 5.74) is 18.5. The Bertz CT molecular complexity index is 2570. The number of hydrogen-bond donors (Lipinski definition) is 0. The molecular weight excluding hydrogens is 639 g/mol. The van der Waals surface area contributed by atoms with Gasteiger partial charge < -0.3 is 4.90 Å². The van der Waals surface area contributed by atoms with Crippen molar-refractivity contribution in [3.63, 3.8) is 0 Å². The van der Waals surface area contributed by atoms with Gasteiger partial charge in [-0.3, -0.25) is 0 Å². The molecule has 0 saturated carbocycles. The second-order valence-electron chi connectivity index (χ2n) is 14.9. The molecule has 8 aromatic rings. The van der Waals surface area contributed by atoms with Gasteiger partial charge in [0.05, 0.1) is 5.41 Å². The Morgan fingerprint density at radius 2 is 0.736 bits per heavy atom. The summed E-state index contributed by atoms with van der Waals surface area (Å²) in [6.45, 7) is 4.76. The Morgan fingerprint density at radius 3 is 1.34 bits per heavy atom. The van der Waals surface area contributed by atoms with Crippen LogP contribution in [0.2, 0.25) is 0 Å². The van der Waals surface area contributed by atoms with Gasteiger partial charge in [0.15, 0.2) is 0 Å². The molecule has 0 spiro atoms. The quantitative estimate of drug-likeness (QED) is 0.169. The zero-order valence-corrected chi connectivity index (χ0v) is 30.0. The minimum atomic E-state index is -0.486. The molecule has 0 radical (unpaired) electrons. The minimum absolute atomic E-state index is 0.100. The topological polar surface area (TPSA) is 3.24 Å². The summed E-state index contributed by atoms with van der Waals surface area (Å²) in [6, 6.07) is 73.9. The van der Waals surface area contributed by atoms with Crippen molar-refractivity contribution in [3.8, 4) is 33.4 Å². The summed E-state index contributed by atoms with van der Waals surface area (Å²) in [5, 5.41) is 0. The summed E-state index contributed by atoms with van der Waals surface area (Å²) in [6.07, 6.45) is 0. The van der Waals surface area contributed by atoms with Crippen LogP contribution >= 0.6 is 0 Å². The molecule has 0 bridgehead atoms. The Kier molecular flexibility index (Phi) is 7.13. The molecule has 252 valence electrons. The van der Waals surface area contributed by atoms with Crippen LogP contribution < -0.4 is 4.90 Å². The van der Waals surface area contributed by atoms with Crippen molar-refractivity contribution in [3.05, 3.63) is 234 Å². The van der Waals surface area contributed by atoms with E-state index in [1.807, 2.05) is 0 Å². The van der Waals surface area contributed by atoms with Gasteiger partial charge in [-0.2, -0.15) is 0 Å². The summed E-state index contributed by atoms with van der Waals surface area (Å²) in [4.78, 5) is 2.36. The molecule has 0 saturated heterocycles. The molecule has 0 aromatic heterocycles. The molecule has 10 rings (SSSR count). The van der Waals surface area contributed by atoms with Gasteiger partial charge in [0, 0.05) is 22.5 Å². The highest BCUT2D eigenvalue weighted by molar-refractivity contribution is 5.88. The predicted molar refractivity (Wildman–Crippen MR) is 221 cm³/mol. The van der Waals surface area contributed by atoms with E-state index in [4.69, 9.17) is 0 Å². The average Bonchev–Trinajstić information content (AvgIpc) is 3.65. The fourth-order valence-corrected chi connectivity index (χ4v) is 9.28. The van der Waals surface area contributed by atoms with E-state index in [2.05, 4.69) is 219 Å². The van der Waals surface area contributed by atoms with Crippen molar-refractivity contribution in [2.24, 2.45) is 0 Å². The molecule has 0 aliphatic heterocycles. The van der Waals surface area contributed by atoms with Crippen molar-refractivity contribution < 1.29 is 0 Å². The predicted octanol–water partition coefficient (Wildman–Crippen LogP) is 13.5. The van der Waals surface area contributed by atoms with Crippen LogP contribution in [0, 0.1) is 0 Å². The zero-order valence-electron chi connectivity index (χ0n) is 30.0. The van der Waals surface area contributed by atoms with Gasteiger partial charge in [-0.1, -0.05) is 178 Å². The summed E-state index contributed by atoms with van der Waals surface area (Å²) < 4.78 is 0. The molecule has 0 amide bonds. The summed E-state index contributed by atoms with van der Waals surface area (Å²) >= 11 is 0. The van der Waals surface area contributed by atoms with Crippen LogP contribution in [-0.2, 0) is 10.8 Å². The van der Waals surface area contributed by atoms with Crippen molar-refractivity contribution in [1.82, 2.24) is 0 Å². The van der Waals surface area contributed by atoms with E-state index in [0.717, 1.165) is 17.1 Å². The first-order chi connectivity index (χ1) is 26.0. The van der Waals surface area contributed by atoms with Crippen LogP contribution in [0.15, 0.2) is 200 Å². The monoisotopic (exact) mass is 677 g/mol. The number of fused-ring (bicyclic) bond motifs is 6. The van der Waals surface area contributed by atoms with E-state index in [-0.39, 0.29) is 5.41 Å². The number of para-hydroxylation sites is 1. The highest BCUT2D eigenvalue weighted by atomic mass is 15.1. The molecule has 2 aliphatic rings. The SMILES string of the molecule is CC1(C)c2ccccc2-c2ccc(C3(c4ccc(N(c5ccccc5)c5ccc(-c6ccccc6)cc5)cc4)c4ccccc4-c4ccccc43)cc21. The third kappa shape index (κ3) is 4.70. The van der Waals surface area contributed by atoms with Gasteiger partial charge in [-0.25, -0.2) is 0 Å². The lowest BCUT2D eigenvalue weighted by atomic mass is 9.66. The van der Waals surface area contributed by atoms with Crippen molar-refractivity contribution in [1.29, 1.82) is 0 Å². The largest absolute Gasteiger partial charge is 0.311 e. The first-order valence-electron chi connectivity index (χ1n) is 18.6. The number of benzene rings is 8. The number of nitrogens with zero attached hydrogens (tertiary/aromatic N) is 1. The Morgan fingerprint density at radius 1 is 0.321 bits per heavy atom. The lowest BCUT2D eigenvalue weighted by Crippen LogP contribution is -2.29. The maximum atomic E-state index is 2.52. The Labute approximate surface area is 312 Å². The molecule has 0 heterocycles. The summed E-state index contributed by atoms with van der Waals surface area (Å²) in [5.74, 6) is 0. The highest BCUT2D eigenvalue weighted by Gasteiger charge is 2.47. The third-order valence-electron chi connectivity index (χ3n) is 11.8.